The highest BCUT2D eigenvalue weighted by atomic mass is 35.5. The lowest BCUT2D eigenvalue weighted by atomic mass is 10.0. The molecule has 0 atom stereocenters. The monoisotopic (exact) mass is 306 g/mol. The molecule has 5 heteroatoms. The summed E-state index contributed by atoms with van der Waals surface area (Å²) in [5.41, 5.74) is 1.32. The molecular weight excluding hydrogens is 287 g/mol. The first-order valence-corrected chi connectivity index (χ1v) is 7.70. The van der Waals surface area contributed by atoms with E-state index in [9.17, 15) is 0 Å². The Hall–Kier alpha value is -0.0900. The fraction of sp³-hybridized carbons (Fsp3) is 0.615. The number of nitrogens with zero attached hydrogens (tertiary/aromatic N) is 1. The first-order valence-electron chi connectivity index (χ1n) is 6.13. The van der Waals surface area contributed by atoms with Gasteiger partial charge in [0.05, 0.1) is 4.88 Å². The largest absolute Gasteiger partial charge is 0.313 e. The van der Waals surface area contributed by atoms with Crippen molar-refractivity contribution in [3.05, 3.63) is 20.1 Å². The summed E-state index contributed by atoms with van der Waals surface area (Å²) in [5, 5.41) is 3.95. The molecule has 1 aromatic heterocycles. The lowest BCUT2D eigenvalue weighted by Gasteiger charge is -2.13. The molecule has 0 fully saturated rings. The average molecular weight is 307 g/mol. The summed E-state index contributed by atoms with van der Waals surface area (Å²) in [4.78, 5) is 4.96. The third-order valence-electron chi connectivity index (χ3n) is 2.52. The summed E-state index contributed by atoms with van der Waals surface area (Å²) in [7, 11) is 0. The van der Waals surface area contributed by atoms with Crippen LogP contribution >= 0.6 is 34.5 Å². The maximum Gasteiger partial charge on any atom is 0.185 e. The summed E-state index contributed by atoms with van der Waals surface area (Å²) in [6.07, 6.45) is 2.10. The Kier molecular flexibility index (Phi) is 6.64. The third-order valence-corrected chi connectivity index (χ3v) is 4.03. The molecular formula is C13H20Cl2N2S. The van der Waals surface area contributed by atoms with E-state index in [4.69, 9.17) is 23.2 Å². The maximum atomic E-state index is 6.03. The zero-order valence-electron chi connectivity index (χ0n) is 11.3. The summed E-state index contributed by atoms with van der Waals surface area (Å²) >= 11 is 13.3. The van der Waals surface area contributed by atoms with Gasteiger partial charge in [-0.15, -0.1) is 11.3 Å². The molecule has 1 aromatic rings. The van der Waals surface area contributed by atoms with Crippen LogP contribution in [0.4, 0.5) is 0 Å². The van der Waals surface area contributed by atoms with Gasteiger partial charge in [0.1, 0.15) is 5.15 Å². The van der Waals surface area contributed by atoms with Crippen molar-refractivity contribution in [3.63, 3.8) is 0 Å². The average Bonchev–Trinajstić information content (AvgIpc) is 2.55. The number of thiazole rings is 1. The fourth-order valence-corrected chi connectivity index (χ4v) is 2.81. The SMILES string of the molecule is CC(C)CNCC(=Cc1sc(Cl)nc1Cl)C(C)C. The van der Waals surface area contributed by atoms with Gasteiger partial charge in [-0.3, -0.25) is 0 Å². The van der Waals surface area contributed by atoms with E-state index < -0.39 is 0 Å². The molecule has 1 N–H and O–H groups in total. The van der Waals surface area contributed by atoms with Crippen molar-refractivity contribution in [1.29, 1.82) is 0 Å². The van der Waals surface area contributed by atoms with Crippen LogP contribution in [0.1, 0.15) is 32.6 Å². The first kappa shape index (κ1) is 16.0. The van der Waals surface area contributed by atoms with Crippen molar-refractivity contribution < 1.29 is 0 Å². The van der Waals surface area contributed by atoms with E-state index in [2.05, 4.69) is 44.1 Å². The van der Waals surface area contributed by atoms with Crippen LogP contribution in [-0.2, 0) is 0 Å². The van der Waals surface area contributed by atoms with E-state index in [1.165, 1.54) is 16.9 Å². The van der Waals surface area contributed by atoms with Crippen molar-refractivity contribution in [2.24, 2.45) is 11.8 Å². The van der Waals surface area contributed by atoms with Gasteiger partial charge in [0.2, 0.25) is 0 Å². The number of hydrogen-bond donors (Lipinski definition) is 1. The van der Waals surface area contributed by atoms with Crippen LogP contribution in [0.15, 0.2) is 5.57 Å². The van der Waals surface area contributed by atoms with Crippen LogP contribution < -0.4 is 5.32 Å². The standard InChI is InChI=1S/C13H20Cl2N2S/c1-8(2)6-16-7-10(9(3)4)5-11-12(14)17-13(15)18-11/h5,8-9,16H,6-7H2,1-4H3. The van der Waals surface area contributed by atoms with E-state index in [1.807, 2.05) is 0 Å². The third kappa shape index (κ3) is 5.27. The highest BCUT2D eigenvalue weighted by Gasteiger charge is 2.09. The molecule has 0 aliphatic rings. The van der Waals surface area contributed by atoms with E-state index in [0.717, 1.165) is 18.0 Å². The second-order valence-corrected chi connectivity index (χ2v) is 6.99. The molecule has 1 rings (SSSR count). The van der Waals surface area contributed by atoms with Gasteiger partial charge in [-0.2, -0.15) is 0 Å². The Labute approximate surface area is 123 Å². The smallest absolute Gasteiger partial charge is 0.185 e. The molecule has 0 aliphatic carbocycles. The Morgan fingerprint density at radius 2 is 2.00 bits per heavy atom. The van der Waals surface area contributed by atoms with Crippen molar-refractivity contribution in [2.45, 2.75) is 27.7 Å². The van der Waals surface area contributed by atoms with Gasteiger partial charge in [-0.25, -0.2) is 4.98 Å². The van der Waals surface area contributed by atoms with Gasteiger partial charge in [0.25, 0.3) is 0 Å². The number of halogens is 2. The molecule has 0 amide bonds. The van der Waals surface area contributed by atoms with Gasteiger partial charge in [-0.05, 0) is 24.5 Å². The topological polar surface area (TPSA) is 24.9 Å². The van der Waals surface area contributed by atoms with E-state index >= 15 is 0 Å². The predicted octanol–water partition coefficient (Wildman–Crippen LogP) is 4.73. The Morgan fingerprint density at radius 1 is 1.33 bits per heavy atom. The van der Waals surface area contributed by atoms with Crippen LogP contribution in [0.5, 0.6) is 0 Å². The van der Waals surface area contributed by atoms with E-state index in [1.54, 1.807) is 0 Å². The fourth-order valence-electron chi connectivity index (χ4n) is 1.47. The van der Waals surface area contributed by atoms with Crippen molar-refractivity contribution in [2.75, 3.05) is 13.1 Å². The van der Waals surface area contributed by atoms with Crippen molar-refractivity contribution in [1.82, 2.24) is 10.3 Å². The highest BCUT2D eigenvalue weighted by molar-refractivity contribution is 7.17. The minimum absolute atomic E-state index is 0.474. The van der Waals surface area contributed by atoms with Gasteiger partial charge in [-0.1, -0.05) is 56.5 Å². The zero-order valence-corrected chi connectivity index (χ0v) is 13.6. The number of rotatable bonds is 6. The molecule has 0 aliphatic heterocycles. The predicted molar refractivity (Wildman–Crippen MR) is 82.7 cm³/mol. The molecule has 0 aromatic carbocycles. The van der Waals surface area contributed by atoms with Crippen LogP contribution in [0, 0.1) is 11.8 Å². The van der Waals surface area contributed by atoms with Crippen LogP contribution in [-0.4, -0.2) is 18.1 Å². The van der Waals surface area contributed by atoms with Gasteiger partial charge in [0.15, 0.2) is 4.47 Å². The second kappa shape index (κ2) is 7.49. The Bertz CT molecular complexity index is 411. The molecule has 0 unspecified atom stereocenters. The molecule has 0 radical (unpaired) electrons. The minimum atomic E-state index is 0.474. The van der Waals surface area contributed by atoms with Crippen LogP contribution in [0.2, 0.25) is 9.62 Å². The minimum Gasteiger partial charge on any atom is -0.313 e. The maximum absolute atomic E-state index is 6.03. The molecule has 1 heterocycles. The number of aromatic nitrogens is 1. The zero-order chi connectivity index (χ0) is 13.7. The van der Waals surface area contributed by atoms with Crippen LogP contribution in [0.3, 0.4) is 0 Å². The summed E-state index contributed by atoms with van der Waals surface area (Å²) in [6, 6.07) is 0. The summed E-state index contributed by atoms with van der Waals surface area (Å²) < 4.78 is 0.490. The van der Waals surface area contributed by atoms with E-state index in [0.29, 0.717) is 21.5 Å². The Balaban J connectivity index is 2.75. The molecule has 0 saturated heterocycles. The molecule has 0 bridgehead atoms. The van der Waals surface area contributed by atoms with E-state index in [-0.39, 0.29) is 0 Å². The van der Waals surface area contributed by atoms with Gasteiger partial charge in [0, 0.05) is 6.54 Å². The first-order chi connectivity index (χ1) is 8.40. The molecule has 0 saturated carbocycles. The quantitative estimate of drug-likeness (QED) is 0.821. The number of nitrogens with one attached hydrogen (secondary N) is 1. The van der Waals surface area contributed by atoms with Crippen LogP contribution in [0.25, 0.3) is 6.08 Å². The number of hydrogen-bond acceptors (Lipinski definition) is 3. The molecule has 18 heavy (non-hydrogen) atoms. The molecule has 0 spiro atoms. The molecule has 102 valence electrons. The second-order valence-electron chi connectivity index (χ2n) is 5.02. The highest BCUT2D eigenvalue weighted by Crippen LogP contribution is 2.29. The lowest BCUT2D eigenvalue weighted by molar-refractivity contribution is 0.558. The van der Waals surface area contributed by atoms with Crippen molar-refractivity contribution in [3.8, 4) is 0 Å². The lowest BCUT2D eigenvalue weighted by Crippen LogP contribution is -2.23. The van der Waals surface area contributed by atoms with Crippen molar-refractivity contribution >= 4 is 40.6 Å². The summed E-state index contributed by atoms with van der Waals surface area (Å²) in [6.45, 7) is 10.7. The van der Waals surface area contributed by atoms with Gasteiger partial charge >= 0.3 is 0 Å². The Morgan fingerprint density at radius 3 is 2.44 bits per heavy atom. The normalized spacial score (nSPS) is 12.8. The van der Waals surface area contributed by atoms with Gasteiger partial charge < -0.3 is 5.32 Å². The molecule has 2 nitrogen and oxygen atoms in total. The summed E-state index contributed by atoms with van der Waals surface area (Å²) in [5.74, 6) is 1.13.